The molecule has 2 rings (SSSR count). The molecule has 6 heteroatoms. The zero-order valence-corrected chi connectivity index (χ0v) is 11.7. The lowest BCUT2D eigenvalue weighted by molar-refractivity contribution is 0.0931. The third-order valence-electron chi connectivity index (χ3n) is 2.98. The fourth-order valence-corrected chi connectivity index (χ4v) is 2.56. The Labute approximate surface area is 123 Å². The number of benzene rings is 2. The predicted molar refractivity (Wildman–Crippen MR) is 71.5 cm³/mol. The molecule has 20 heavy (non-hydrogen) atoms. The molecule has 106 valence electrons. The molecule has 1 nitrogen and oxygen atoms in total. The average molecular weight is 321 g/mol. The Hall–Kier alpha value is -1.23. The molecule has 1 N–H and O–H groups in total. The van der Waals surface area contributed by atoms with E-state index in [-0.39, 0.29) is 15.6 Å². The summed E-state index contributed by atoms with van der Waals surface area (Å²) in [5.74, 6) is -2.76. The van der Waals surface area contributed by atoms with Crippen LogP contribution in [0.2, 0.25) is 10.0 Å². The Morgan fingerprint density at radius 1 is 0.950 bits per heavy atom. The average Bonchev–Trinajstić information content (AvgIpc) is 2.33. The van der Waals surface area contributed by atoms with Gasteiger partial charge in [0, 0.05) is 10.6 Å². The van der Waals surface area contributed by atoms with E-state index >= 15 is 0 Å². The van der Waals surface area contributed by atoms with Crippen LogP contribution in [-0.4, -0.2) is 5.11 Å². The first-order valence-electron chi connectivity index (χ1n) is 5.57. The van der Waals surface area contributed by atoms with Crippen LogP contribution in [-0.2, 0) is 5.60 Å². The van der Waals surface area contributed by atoms with E-state index in [9.17, 15) is 18.3 Å². The Kier molecular flexibility index (Phi) is 4.00. The molecule has 0 heterocycles. The molecule has 0 saturated carbocycles. The van der Waals surface area contributed by atoms with Gasteiger partial charge in [0.25, 0.3) is 0 Å². The molecule has 0 saturated heterocycles. The van der Waals surface area contributed by atoms with E-state index in [0.29, 0.717) is 0 Å². The van der Waals surface area contributed by atoms with Crippen LogP contribution in [0.25, 0.3) is 0 Å². The first kappa shape index (κ1) is 15.2. The van der Waals surface area contributed by atoms with Crippen LogP contribution in [0.15, 0.2) is 30.3 Å². The highest BCUT2D eigenvalue weighted by molar-refractivity contribution is 6.35. The van der Waals surface area contributed by atoms with Crippen LogP contribution in [0.5, 0.6) is 0 Å². The predicted octanol–water partition coefficient (Wildman–Crippen LogP) is 4.67. The lowest BCUT2D eigenvalue weighted by Crippen LogP contribution is -2.26. The zero-order chi connectivity index (χ0) is 15.1. The number of rotatable bonds is 2. The summed E-state index contributed by atoms with van der Waals surface area (Å²) in [4.78, 5) is 0. The summed E-state index contributed by atoms with van der Waals surface area (Å²) in [5, 5.41) is 10.1. The van der Waals surface area contributed by atoms with Crippen LogP contribution >= 0.6 is 23.2 Å². The van der Waals surface area contributed by atoms with Gasteiger partial charge in [-0.2, -0.15) is 0 Å². The third kappa shape index (κ3) is 2.51. The zero-order valence-electron chi connectivity index (χ0n) is 10.2. The molecule has 0 spiro atoms. The van der Waals surface area contributed by atoms with Crippen LogP contribution in [0.4, 0.5) is 13.2 Å². The molecule has 0 aliphatic heterocycles. The van der Waals surface area contributed by atoms with Crippen molar-refractivity contribution in [2.75, 3.05) is 0 Å². The van der Waals surface area contributed by atoms with Gasteiger partial charge < -0.3 is 5.11 Å². The van der Waals surface area contributed by atoms with Crippen LogP contribution in [0.1, 0.15) is 18.1 Å². The van der Waals surface area contributed by atoms with Crippen LogP contribution < -0.4 is 0 Å². The normalized spacial score (nSPS) is 14.2. The standard InChI is InChI=1S/C14H9Cl2F3O/c1-14(20,13-10(17)3-2-4-11(13)18)7-5-12(19)9(16)6-8(7)15/h2-6,20H,1H3. The second-order valence-electron chi connectivity index (χ2n) is 4.42. The van der Waals surface area contributed by atoms with Crippen LogP contribution in [0, 0.1) is 17.5 Å². The number of hydrogen-bond acceptors (Lipinski definition) is 1. The van der Waals surface area contributed by atoms with Gasteiger partial charge in [-0.1, -0.05) is 29.3 Å². The van der Waals surface area contributed by atoms with Gasteiger partial charge in [0.05, 0.1) is 10.6 Å². The molecule has 2 aromatic rings. The summed E-state index contributed by atoms with van der Waals surface area (Å²) >= 11 is 11.4. The fraction of sp³-hybridized carbons (Fsp3) is 0.143. The number of halogens is 5. The summed E-state index contributed by atoms with van der Waals surface area (Å²) in [5.41, 5.74) is -2.92. The van der Waals surface area contributed by atoms with E-state index in [1.54, 1.807) is 0 Å². The number of hydrogen-bond donors (Lipinski definition) is 1. The minimum absolute atomic E-state index is 0.0935. The molecule has 0 aliphatic rings. The first-order valence-corrected chi connectivity index (χ1v) is 6.32. The van der Waals surface area contributed by atoms with E-state index in [1.165, 1.54) is 0 Å². The van der Waals surface area contributed by atoms with Crippen molar-refractivity contribution < 1.29 is 18.3 Å². The highest BCUT2D eigenvalue weighted by atomic mass is 35.5. The van der Waals surface area contributed by atoms with E-state index < -0.39 is 28.6 Å². The van der Waals surface area contributed by atoms with Crippen molar-refractivity contribution in [2.24, 2.45) is 0 Å². The van der Waals surface area contributed by atoms with Crippen molar-refractivity contribution in [3.63, 3.8) is 0 Å². The molecular weight excluding hydrogens is 312 g/mol. The summed E-state index contributed by atoms with van der Waals surface area (Å²) in [6.45, 7) is 1.13. The minimum atomic E-state index is -2.14. The van der Waals surface area contributed by atoms with Crippen molar-refractivity contribution in [2.45, 2.75) is 12.5 Å². The smallest absolute Gasteiger partial charge is 0.142 e. The number of aliphatic hydroxyl groups is 1. The Morgan fingerprint density at radius 2 is 1.50 bits per heavy atom. The fourth-order valence-electron chi connectivity index (χ4n) is 1.99. The SMILES string of the molecule is CC(O)(c1cc(F)c(Cl)cc1Cl)c1c(F)cccc1F. The van der Waals surface area contributed by atoms with Crippen LogP contribution in [0.3, 0.4) is 0 Å². The molecule has 0 amide bonds. The maximum atomic E-state index is 13.8. The molecule has 0 aromatic heterocycles. The maximum absolute atomic E-state index is 13.8. The summed E-state index contributed by atoms with van der Waals surface area (Å²) in [6.07, 6.45) is 0. The highest BCUT2D eigenvalue weighted by Crippen LogP contribution is 2.38. The van der Waals surface area contributed by atoms with E-state index in [4.69, 9.17) is 23.2 Å². The Morgan fingerprint density at radius 3 is 2.05 bits per heavy atom. The van der Waals surface area contributed by atoms with Gasteiger partial charge in [-0.25, -0.2) is 13.2 Å². The summed E-state index contributed by atoms with van der Waals surface area (Å²) in [6, 6.07) is 5.08. The molecule has 0 bridgehead atoms. The Bertz CT molecular complexity index is 651. The first-order chi connectivity index (χ1) is 9.25. The van der Waals surface area contributed by atoms with Crippen molar-refractivity contribution >= 4 is 23.2 Å². The van der Waals surface area contributed by atoms with Crippen molar-refractivity contribution in [3.05, 3.63) is 69.0 Å². The van der Waals surface area contributed by atoms with Gasteiger partial charge in [0.15, 0.2) is 0 Å². The van der Waals surface area contributed by atoms with Gasteiger partial charge in [-0.05, 0) is 31.2 Å². The van der Waals surface area contributed by atoms with E-state index in [1.807, 2.05) is 0 Å². The second kappa shape index (κ2) is 5.28. The molecule has 0 aliphatic carbocycles. The molecule has 1 atom stereocenters. The maximum Gasteiger partial charge on any atom is 0.142 e. The topological polar surface area (TPSA) is 20.2 Å². The largest absolute Gasteiger partial charge is 0.380 e. The summed E-state index contributed by atoms with van der Waals surface area (Å²) < 4.78 is 41.1. The second-order valence-corrected chi connectivity index (χ2v) is 5.23. The van der Waals surface area contributed by atoms with E-state index in [2.05, 4.69) is 0 Å². The molecular formula is C14H9Cl2F3O. The molecule has 2 aromatic carbocycles. The van der Waals surface area contributed by atoms with Gasteiger partial charge >= 0.3 is 0 Å². The molecule has 0 fully saturated rings. The monoisotopic (exact) mass is 320 g/mol. The molecule has 1 unspecified atom stereocenters. The van der Waals surface area contributed by atoms with Crippen molar-refractivity contribution in [1.82, 2.24) is 0 Å². The quantitative estimate of drug-likeness (QED) is 0.797. The van der Waals surface area contributed by atoms with Gasteiger partial charge in [0.2, 0.25) is 0 Å². The minimum Gasteiger partial charge on any atom is -0.380 e. The third-order valence-corrected chi connectivity index (χ3v) is 3.59. The van der Waals surface area contributed by atoms with E-state index in [0.717, 1.165) is 37.3 Å². The molecule has 0 radical (unpaired) electrons. The lowest BCUT2D eigenvalue weighted by Gasteiger charge is -2.26. The van der Waals surface area contributed by atoms with Gasteiger partial charge in [-0.3, -0.25) is 0 Å². The summed E-state index contributed by atoms with van der Waals surface area (Å²) in [7, 11) is 0. The Balaban J connectivity index is 2.70. The van der Waals surface area contributed by atoms with Gasteiger partial charge in [-0.15, -0.1) is 0 Å². The van der Waals surface area contributed by atoms with Crippen molar-refractivity contribution in [3.8, 4) is 0 Å². The highest BCUT2D eigenvalue weighted by Gasteiger charge is 2.34. The van der Waals surface area contributed by atoms with Crippen molar-refractivity contribution in [1.29, 1.82) is 0 Å². The lowest BCUT2D eigenvalue weighted by atomic mass is 9.87. The van der Waals surface area contributed by atoms with Gasteiger partial charge in [0.1, 0.15) is 23.1 Å².